The standard InChI is InChI=1S/C24H48N2O2/c1-4-5-6-7-8-9-10-11-12-13-14-15-16-20-24(28)26-22(2)19-17-18-21-25-23(3)27/h22H,4-21H2,1-3H3,(H,25,27)(H,26,28)/t22-/m1/s1. The number of nitrogens with one attached hydrogen (secondary N) is 2. The van der Waals surface area contributed by atoms with Crippen molar-refractivity contribution >= 4 is 11.8 Å². The van der Waals surface area contributed by atoms with E-state index in [1.807, 2.05) is 0 Å². The van der Waals surface area contributed by atoms with Crippen molar-refractivity contribution in [2.45, 2.75) is 136 Å². The van der Waals surface area contributed by atoms with Gasteiger partial charge in [0.2, 0.25) is 11.8 Å². The molecule has 28 heavy (non-hydrogen) atoms. The van der Waals surface area contributed by atoms with Crippen LogP contribution in [0.4, 0.5) is 0 Å². The van der Waals surface area contributed by atoms with Crippen LogP contribution in [0.2, 0.25) is 0 Å². The Morgan fingerprint density at radius 1 is 0.714 bits per heavy atom. The number of carbonyl (C=O) groups is 2. The molecule has 0 aromatic carbocycles. The first-order valence-electron chi connectivity index (χ1n) is 12.1. The zero-order valence-electron chi connectivity index (χ0n) is 19.1. The Hall–Kier alpha value is -1.06. The smallest absolute Gasteiger partial charge is 0.220 e. The van der Waals surface area contributed by atoms with Gasteiger partial charge in [0.1, 0.15) is 0 Å². The highest BCUT2D eigenvalue weighted by molar-refractivity contribution is 5.76. The van der Waals surface area contributed by atoms with Crippen molar-refractivity contribution in [3.05, 3.63) is 0 Å². The maximum Gasteiger partial charge on any atom is 0.220 e. The second kappa shape index (κ2) is 20.7. The highest BCUT2D eigenvalue weighted by Crippen LogP contribution is 2.13. The average molecular weight is 397 g/mol. The molecule has 4 nitrogen and oxygen atoms in total. The summed E-state index contributed by atoms with van der Waals surface area (Å²) in [7, 11) is 0. The molecule has 0 aromatic rings. The quantitative estimate of drug-likeness (QED) is 0.238. The largest absolute Gasteiger partial charge is 0.356 e. The highest BCUT2D eigenvalue weighted by Gasteiger charge is 2.07. The number of carbonyl (C=O) groups excluding carboxylic acids is 2. The molecule has 0 fully saturated rings. The highest BCUT2D eigenvalue weighted by atomic mass is 16.2. The van der Waals surface area contributed by atoms with Gasteiger partial charge >= 0.3 is 0 Å². The fraction of sp³-hybridized carbons (Fsp3) is 0.917. The van der Waals surface area contributed by atoms with Gasteiger partial charge in [-0.05, 0) is 32.6 Å². The van der Waals surface area contributed by atoms with E-state index in [9.17, 15) is 9.59 Å². The van der Waals surface area contributed by atoms with E-state index >= 15 is 0 Å². The molecule has 2 amide bonds. The lowest BCUT2D eigenvalue weighted by atomic mass is 10.0. The number of unbranched alkanes of at least 4 members (excludes halogenated alkanes) is 13. The topological polar surface area (TPSA) is 58.2 Å². The predicted molar refractivity (Wildman–Crippen MR) is 120 cm³/mol. The molecule has 1 atom stereocenters. The van der Waals surface area contributed by atoms with Gasteiger partial charge in [-0.25, -0.2) is 0 Å². The second-order valence-corrected chi connectivity index (χ2v) is 8.44. The lowest BCUT2D eigenvalue weighted by Gasteiger charge is -2.13. The van der Waals surface area contributed by atoms with Crippen LogP contribution in [0.1, 0.15) is 130 Å². The van der Waals surface area contributed by atoms with Gasteiger partial charge in [0.05, 0.1) is 0 Å². The Morgan fingerprint density at radius 3 is 1.71 bits per heavy atom. The molecule has 166 valence electrons. The summed E-state index contributed by atoms with van der Waals surface area (Å²) >= 11 is 0. The number of hydrogen-bond acceptors (Lipinski definition) is 2. The predicted octanol–water partition coefficient (Wildman–Crippen LogP) is 6.28. The summed E-state index contributed by atoms with van der Waals surface area (Å²) in [5.41, 5.74) is 0. The molecule has 0 aliphatic carbocycles. The van der Waals surface area contributed by atoms with E-state index in [2.05, 4.69) is 24.5 Å². The van der Waals surface area contributed by atoms with Crippen LogP contribution in [0.25, 0.3) is 0 Å². The Morgan fingerprint density at radius 2 is 1.21 bits per heavy atom. The van der Waals surface area contributed by atoms with Crippen molar-refractivity contribution in [3.8, 4) is 0 Å². The normalized spacial score (nSPS) is 12.0. The first-order valence-corrected chi connectivity index (χ1v) is 12.1. The van der Waals surface area contributed by atoms with Crippen molar-refractivity contribution in [1.82, 2.24) is 10.6 Å². The van der Waals surface area contributed by atoms with Crippen molar-refractivity contribution < 1.29 is 9.59 Å². The van der Waals surface area contributed by atoms with Crippen molar-refractivity contribution in [1.29, 1.82) is 0 Å². The summed E-state index contributed by atoms with van der Waals surface area (Å²) in [6.07, 6.45) is 21.0. The minimum absolute atomic E-state index is 0.0270. The van der Waals surface area contributed by atoms with Gasteiger partial charge in [-0.1, -0.05) is 84.0 Å². The van der Waals surface area contributed by atoms with Crippen LogP contribution in [0.15, 0.2) is 0 Å². The molecule has 0 rings (SSSR count). The van der Waals surface area contributed by atoms with Gasteiger partial charge in [0.15, 0.2) is 0 Å². The molecular weight excluding hydrogens is 348 g/mol. The van der Waals surface area contributed by atoms with Crippen LogP contribution < -0.4 is 10.6 Å². The summed E-state index contributed by atoms with van der Waals surface area (Å²) in [4.78, 5) is 22.7. The lowest BCUT2D eigenvalue weighted by Crippen LogP contribution is -2.32. The van der Waals surface area contributed by atoms with Crippen molar-refractivity contribution in [2.75, 3.05) is 6.54 Å². The van der Waals surface area contributed by atoms with Gasteiger partial charge in [-0.15, -0.1) is 0 Å². The zero-order valence-corrected chi connectivity index (χ0v) is 19.1. The summed E-state index contributed by atoms with van der Waals surface area (Å²) in [6, 6.07) is 0.229. The summed E-state index contributed by atoms with van der Waals surface area (Å²) < 4.78 is 0. The fourth-order valence-corrected chi connectivity index (χ4v) is 3.56. The van der Waals surface area contributed by atoms with Crippen molar-refractivity contribution in [3.63, 3.8) is 0 Å². The molecule has 4 heteroatoms. The molecule has 0 bridgehead atoms. The third-order valence-corrected chi connectivity index (χ3v) is 5.35. The molecule has 0 spiro atoms. The molecule has 0 aromatic heterocycles. The average Bonchev–Trinajstić information content (AvgIpc) is 2.65. The Bertz CT molecular complexity index is 372. The van der Waals surface area contributed by atoms with Crippen LogP contribution in [0.3, 0.4) is 0 Å². The first kappa shape index (κ1) is 26.9. The van der Waals surface area contributed by atoms with Crippen LogP contribution >= 0.6 is 0 Å². The van der Waals surface area contributed by atoms with Gasteiger partial charge in [0.25, 0.3) is 0 Å². The molecule has 0 unspecified atom stereocenters. The van der Waals surface area contributed by atoms with E-state index in [1.165, 1.54) is 77.0 Å². The lowest BCUT2D eigenvalue weighted by molar-refractivity contribution is -0.122. The molecule has 0 saturated carbocycles. The monoisotopic (exact) mass is 396 g/mol. The van der Waals surface area contributed by atoms with E-state index in [4.69, 9.17) is 0 Å². The third-order valence-electron chi connectivity index (χ3n) is 5.35. The zero-order chi connectivity index (χ0) is 20.9. The molecule has 0 radical (unpaired) electrons. The van der Waals surface area contributed by atoms with Crippen molar-refractivity contribution in [2.24, 2.45) is 0 Å². The molecule has 0 aliphatic rings. The molecule has 2 N–H and O–H groups in total. The summed E-state index contributed by atoms with van der Waals surface area (Å²) in [5.74, 6) is 0.219. The van der Waals surface area contributed by atoms with Crippen LogP contribution in [-0.4, -0.2) is 24.4 Å². The van der Waals surface area contributed by atoms with E-state index in [1.54, 1.807) is 6.92 Å². The van der Waals surface area contributed by atoms with E-state index < -0.39 is 0 Å². The van der Waals surface area contributed by atoms with Gasteiger partial charge < -0.3 is 10.6 Å². The van der Waals surface area contributed by atoms with Gasteiger partial charge in [-0.2, -0.15) is 0 Å². The maximum absolute atomic E-state index is 12.0. The van der Waals surface area contributed by atoms with Crippen LogP contribution in [0.5, 0.6) is 0 Å². The SMILES string of the molecule is CCCCCCCCCCCCCCCC(=O)N[C@H](C)CCCCNC(C)=O. The Kier molecular flexibility index (Phi) is 19.9. The molecule has 0 saturated heterocycles. The number of hydrogen-bond donors (Lipinski definition) is 2. The van der Waals surface area contributed by atoms with E-state index in [-0.39, 0.29) is 17.9 Å². The molecule has 0 aliphatic heterocycles. The second-order valence-electron chi connectivity index (χ2n) is 8.44. The van der Waals surface area contributed by atoms with E-state index in [0.717, 1.165) is 32.2 Å². The fourth-order valence-electron chi connectivity index (χ4n) is 3.56. The summed E-state index contributed by atoms with van der Waals surface area (Å²) in [5, 5.41) is 5.90. The molecule has 0 heterocycles. The minimum Gasteiger partial charge on any atom is -0.356 e. The third kappa shape index (κ3) is 21.2. The van der Waals surface area contributed by atoms with Gasteiger partial charge in [-0.3, -0.25) is 9.59 Å². The van der Waals surface area contributed by atoms with Crippen LogP contribution in [0, 0.1) is 0 Å². The van der Waals surface area contributed by atoms with Crippen LogP contribution in [-0.2, 0) is 9.59 Å². The Balaban J connectivity index is 3.30. The Labute approximate surface area is 175 Å². The van der Waals surface area contributed by atoms with E-state index in [0.29, 0.717) is 6.42 Å². The summed E-state index contributed by atoms with van der Waals surface area (Å²) in [6.45, 7) is 6.61. The number of amides is 2. The first-order chi connectivity index (χ1) is 13.6. The number of rotatable bonds is 20. The molecular formula is C24H48N2O2. The maximum atomic E-state index is 12.0. The minimum atomic E-state index is 0.0270. The van der Waals surface area contributed by atoms with Gasteiger partial charge in [0, 0.05) is 25.9 Å².